The molecule has 156 valence electrons. The van der Waals surface area contributed by atoms with Gasteiger partial charge in [0.25, 0.3) is 0 Å². The molecule has 3 rings (SSSR count). The van der Waals surface area contributed by atoms with Crippen LogP contribution in [0.4, 0.5) is 5.82 Å². The van der Waals surface area contributed by atoms with Gasteiger partial charge in [-0.3, -0.25) is 9.78 Å². The number of carbonyl (C=O) groups excluding carboxylic acids is 1. The Morgan fingerprint density at radius 2 is 1.70 bits per heavy atom. The zero-order chi connectivity index (χ0) is 21.7. The van der Waals surface area contributed by atoms with Gasteiger partial charge in [-0.2, -0.15) is 0 Å². The Kier molecular flexibility index (Phi) is 7.00. The van der Waals surface area contributed by atoms with Crippen LogP contribution in [0.15, 0.2) is 54.7 Å². The van der Waals surface area contributed by atoms with Crippen LogP contribution < -0.4 is 10.6 Å². The number of hydrogen-bond acceptors (Lipinski definition) is 5. The van der Waals surface area contributed by atoms with Crippen molar-refractivity contribution in [2.45, 2.75) is 39.8 Å². The second kappa shape index (κ2) is 9.67. The molecule has 7 heteroatoms. The molecule has 0 saturated carbocycles. The first kappa shape index (κ1) is 21.7. The monoisotopic (exact) mass is 423 g/mol. The molecule has 0 saturated heterocycles. The molecule has 30 heavy (non-hydrogen) atoms. The summed E-state index contributed by atoms with van der Waals surface area (Å²) in [4.78, 5) is 26.4. The summed E-state index contributed by atoms with van der Waals surface area (Å²) in [6.45, 7) is 7.73. The minimum absolute atomic E-state index is 0.0117. The molecule has 0 aliphatic rings. The molecule has 0 aliphatic carbocycles. The van der Waals surface area contributed by atoms with Crippen molar-refractivity contribution >= 4 is 23.3 Å². The molecule has 0 spiro atoms. The van der Waals surface area contributed by atoms with Crippen molar-refractivity contribution < 1.29 is 4.79 Å². The number of hydrogen-bond donors (Lipinski definition) is 2. The van der Waals surface area contributed by atoms with E-state index in [0.29, 0.717) is 28.1 Å². The fourth-order valence-electron chi connectivity index (χ4n) is 3.07. The minimum Gasteiger partial charge on any atom is -0.357 e. The van der Waals surface area contributed by atoms with Gasteiger partial charge in [-0.25, -0.2) is 9.97 Å². The van der Waals surface area contributed by atoms with E-state index < -0.39 is 6.04 Å². The number of carbonyl (C=O) groups is 1. The predicted molar refractivity (Wildman–Crippen MR) is 120 cm³/mol. The highest BCUT2D eigenvalue weighted by Gasteiger charge is 2.26. The van der Waals surface area contributed by atoms with Gasteiger partial charge in [-0.05, 0) is 37.5 Å². The quantitative estimate of drug-likeness (QED) is 0.569. The lowest BCUT2D eigenvalue weighted by atomic mass is 10.0. The molecule has 1 aromatic carbocycles. The molecule has 2 unspecified atom stereocenters. The molecule has 3 aromatic rings. The molecule has 0 aliphatic heterocycles. The molecule has 1 amide bonds. The van der Waals surface area contributed by atoms with Gasteiger partial charge in [-0.1, -0.05) is 61.8 Å². The van der Waals surface area contributed by atoms with Crippen LogP contribution in [0, 0.1) is 12.8 Å². The largest absolute Gasteiger partial charge is 0.357 e. The highest BCUT2D eigenvalue weighted by atomic mass is 35.5. The van der Waals surface area contributed by atoms with E-state index >= 15 is 0 Å². The molecule has 0 bridgehead atoms. The molecule has 6 nitrogen and oxygen atoms in total. The standard InChI is InChI=1S/C23H26ClN5O/c1-14(2)20(23(30)27-15(3)17-10-6-5-7-11-17)28-22-19(24)16(4)26-21(29-22)18-12-8-9-13-25-18/h5-15,20H,1-4H3,(H,27,30)(H,26,28,29). The van der Waals surface area contributed by atoms with Gasteiger partial charge in [-0.15, -0.1) is 0 Å². The summed E-state index contributed by atoms with van der Waals surface area (Å²) in [5, 5.41) is 6.70. The number of anilines is 1. The van der Waals surface area contributed by atoms with Crippen molar-refractivity contribution in [1.82, 2.24) is 20.3 Å². The van der Waals surface area contributed by atoms with Gasteiger partial charge < -0.3 is 10.6 Å². The third kappa shape index (κ3) is 5.13. The summed E-state index contributed by atoms with van der Waals surface area (Å²) in [7, 11) is 0. The second-order valence-corrected chi connectivity index (χ2v) is 7.90. The second-order valence-electron chi connectivity index (χ2n) is 7.52. The van der Waals surface area contributed by atoms with Gasteiger partial charge in [0, 0.05) is 6.20 Å². The van der Waals surface area contributed by atoms with Crippen molar-refractivity contribution in [1.29, 1.82) is 0 Å². The summed E-state index contributed by atoms with van der Waals surface area (Å²) in [5.41, 5.74) is 2.31. The van der Waals surface area contributed by atoms with Crippen LogP contribution in [-0.4, -0.2) is 26.9 Å². The van der Waals surface area contributed by atoms with E-state index in [-0.39, 0.29) is 17.9 Å². The number of pyridine rings is 1. The van der Waals surface area contributed by atoms with Gasteiger partial charge in [0.05, 0.1) is 11.7 Å². The van der Waals surface area contributed by atoms with Crippen LogP contribution >= 0.6 is 11.6 Å². The lowest BCUT2D eigenvalue weighted by Gasteiger charge is -2.25. The van der Waals surface area contributed by atoms with Crippen LogP contribution in [-0.2, 0) is 4.79 Å². The van der Waals surface area contributed by atoms with Gasteiger partial charge in [0.1, 0.15) is 22.6 Å². The summed E-state index contributed by atoms with van der Waals surface area (Å²) < 4.78 is 0. The van der Waals surface area contributed by atoms with Crippen LogP contribution in [0.25, 0.3) is 11.5 Å². The fourth-order valence-corrected chi connectivity index (χ4v) is 3.21. The molecule has 0 radical (unpaired) electrons. The smallest absolute Gasteiger partial charge is 0.243 e. The molecule has 2 aromatic heterocycles. The van der Waals surface area contributed by atoms with Crippen LogP contribution in [0.2, 0.25) is 5.02 Å². The summed E-state index contributed by atoms with van der Waals surface area (Å²) in [5.74, 6) is 0.775. The Morgan fingerprint density at radius 1 is 1.00 bits per heavy atom. The molecule has 0 fully saturated rings. The van der Waals surface area contributed by atoms with E-state index in [4.69, 9.17) is 11.6 Å². The first-order valence-electron chi connectivity index (χ1n) is 9.94. The number of aryl methyl sites for hydroxylation is 1. The lowest BCUT2D eigenvalue weighted by molar-refractivity contribution is -0.123. The number of aromatic nitrogens is 3. The van der Waals surface area contributed by atoms with Crippen molar-refractivity contribution in [3.8, 4) is 11.5 Å². The maximum Gasteiger partial charge on any atom is 0.243 e. The number of nitrogens with zero attached hydrogens (tertiary/aromatic N) is 3. The third-order valence-corrected chi connectivity index (χ3v) is 5.26. The zero-order valence-electron chi connectivity index (χ0n) is 17.6. The SMILES string of the molecule is Cc1nc(-c2ccccn2)nc(NC(C(=O)NC(C)c2ccccc2)C(C)C)c1Cl. The zero-order valence-corrected chi connectivity index (χ0v) is 18.3. The molecule has 2 N–H and O–H groups in total. The van der Waals surface area contributed by atoms with Crippen molar-refractivity contribution in [2.75, 3.05) is 5.32 Å². The van der Waals surface area contributed by atoms with E-state index in [1.165, 1.54) is 0 Å². The van der Waals surface area contributed by atoms with E-state index in [9.17, 15) is 4.79 Å². The number of halogens is 1. The Labute approximate surface area is 182 Å². The predicted octanol–water partition coefficient (Wildman–Crippen LogP) is 4.81. The molecule has 2 heterocycles. The number of amides is 1. The number of nitrogens with one attached hydrogen (secondary N) is 2. The Balaban J connectivity index is 1.84. The Morgan fingerprint density at radius 3 is 2.33 bits per heavy atom. The van der Waals surface area contributed by atoms with E-state index in [1.807, 2.05) is 76.2 Å². The maximum absolute atomic E-state index is 13.1. The van der Waals surface area contributed by atoms with Crippen molar-refractivity contribution in [3.63, 3.8) is 0 Å². The van der Waals surface area contributed by atoms with Crippen molar-refractivity contribution in [3.05, 3.63) is 71.0 Å². The molecular formula is C23H26ClN5O. The van der Waals surface area contributed by atoms with Crippen LogP contribution in [0.5, 0.6) is 0 Å². The van der Waals surface area contributed by atoms with Crippen LogP contribution in [0.1, 0.15) is 38.1 Å². The molecule has 2 atom stereocenters. The lowest BCUT2D eigenvalue weighted by Crippen LogP contribution is -2.44. The van der Waals surface area contributed by atoms with E-state index in [2.05, 4.69) is 25.6 Å². The van der Waals surface area contributed by atoms with E-state index in [1.54, 1.807) is 6.20 Å². The number of benzene rings is 1. The van der Waals surface area contributed by atoms with Gasteiger partial charge >= 0.3 is 0 Å². The normalized spacial score (nSPS) is 13.0. The third-order valence-electron chi connectivity index (χ3n) is 4.81. The Bertz CT molecular complexity index is 995. The van der Waals surface area contributed by atoms with Crippen molar-refractivity contribution in [2.24, 2.45) is 5.92 Å². The summed E-state index contributed by atoms with van der Waals surface area (Å²) in [6.07, 6.45) is 1.69. The van der Waals surface area contributed by atoms with E-state index in [0.717, 1.165) is 5.56 Å². The highest BCUT2D eigenvalue weighted by molar-refractivity contribution is 6.33. The van der Waals surface area contributed by atoms with Crippen LogP contribution in [0.3, 0.4) is 0 Å². The minimum atomic E-state index is -0.514. The summed E-state index contributed by atoms with van der Waals surface area (Å²) in [6, 6.07) is 14.8. The fraction of sp³-hybridized carbons (Fsp3) is 0.304. The summed E-state index contributed by atoms with van der Waals surface area (Å²) >= 11 is 6.47. The van der Waals surface area contributed by atoms with Gasteiger partial charge in [0.15, 0.2) is 5.82 Å². The number of rotatable bonds is 7. The first-order chi connectivity index (χ1) is 14.4. The maximum atomic E-state index is 13.1. The highest BCUT2D eigenvalue weighted by Crippen LogP contribution is 2.27. The Hall–Kier alpha value is -2.99. The average Bonchev–Trinajstić information content (AvgIpc) is 2.75. The molecular weight excluding hydrogens is 398 g/mol. The average molecular weight is 424 g/mol. The topological polar surface area (TPSA) is 79.8 Å². The first-order valence-corrected chi connectivity index (χ1v) is 10.3. The van der Waals surface area contributed by atoms with Gasteiger partial charge in [0.2, 0.25) is 5.91 Å².